The molecule has 1 aliphatic heterocycles. The van der Waals surface area contributed by atoms with Crippen LogP contribution in [0.1, 0.15) is 11.4 Å². The van der Waals surface area contributed by atoms with E-state index in [4.69, 9.17) is 0 Å². The van der Waals surface area contributed by atoms with E-state index in [0.717, 1.165) is 30.6 Å². The van der Waals surface area contributed by atoms with Gasteiger partial charge in [0.1, 0.15) is 0 Å². The maximum absolute atomic E-state index is 4.52. The predicted octanol–water partition coefficient (Wildman–Crippen LogP) is 0.890. The summed E-state index contributed by atoms with van der Waals surface area (Å²) in [5, 5.41) is 0.981. The fraction of sp³-hybridized carbons (Fsp3) is 0.500. The molecule has 17 heavy (non-hydrogen) atoms. The smallest absolute Gasteiger partial charge is 0.238 e. The molecular weight excluding hydrogens is 236 g/mol. The Labute approximate surface area is 103 Å². The molecule has 0 fully saturated rings. The molecular formula is C10H14N6S. The van der Waals surface area contributed by atoms with Crippen LogP contribution < -0.4 is 9.80 Å². The highest BCUT2D eigenvalue weighted by Gasteiger charge is 2.21. The molecule has 7 heteroatoms. The van der Waals surface area contributed by atoms with Gasteiger partial charge in [-0.2, -0.15) is 9.36 Å². The molecule has 3 heterocycles. The molecule has 6 nitrogen and oxygen atoms in total. The van der Waals surface area contributed by atoms with E-state index in [1.165, 1.54) is 22.9 Å². The Morgan fingerprint density at radius 2 is 2.35 bits per heavy atom. The molecule has 0 amide bonds. The van der Waals surface area contributed by atoms with Crippen LogP contribution in [0.5, 0.6) is 0 Å². The molecule has 1 N–H and O–H groups in total. The van der Waals surface area contributed by atoms with Crippen LogP contribution in [-0.4, -0.2) is 40.0 Å². The molecule has 2 aromatic rings. The normalized spacial score (nSPS) is 14.8. The van der Waals surface area contributed by atoms with Crippen LogP contribution in [-0.2, 0) is 13.0 Å². The minimum absolute atomic E-state index is 0.778. The molecule has 90 valence electrons. The molecule has 2 aromatic heterocycles. The van der Waals surface area contributed by atoms with E-state index < -0.39 is 0 Å². The topological polar surface area (TPSA) is 60.9 Å². The number of fused-ring (bicyclic) bond motifs is 1. The standard InChI is InChI=1S/C10H14N6S/c1-15(2)9-13-10(17-14-9)16-4-3-7-8(5-16)12-6-11-7/h6H,3-5H2,1-2H3,(H,11,12). The summed E-state index contributed by atoms with van der Waals surface area (Å²) in [6.07, 6.45) is 2.73. The van der Waals surface area contributed by atoms with Crippen molar-refractivity contribution in [2.45, 2.75) is 13.0 Å². The average Bonchev–Trinajstić information content (AvgIpc) is 2.97. The van der Waals surface area contributed by atoms with E-state index in [1.54, 1.807) is 6.33 Å². The second-order valence-electron chi connectivity index (χ2n) is 4.27. The van der Waals surface area contributed by atoms with Gasteiger partial charge < -0.3 is 14.8 Å². The fourth-order valence-corrected chi connectivity index (χ4v) is 2.66. The summed E-state index contributed by atoms with van der Waals surface area (Å²) >= 11 is 1.45. The number of imidazole rings is 1. The molecule has 0 bridgehead atoms. The third-order valence-corrected chi connectivity index (χ3v) is 3.62. The summed E-state index contributed by atoms with van der Waals surface area (Å²) in [6, 6.07) is 0. The zero-order valence-electron chi connectivity index (χ0n) is 9.84. The van der Waals surface area contributed by atoms with Gasteiger partial charge in [0.05, 0.1) is 24.3 Å². The van der Waals surface area contributed by atoms with Gasteiger partial charge in [-0.1, -0.05) is 0 Å². The van der Waals surface area contributed by atoms with Gasteiger partial charge >= 0.3 is 0 Å². The monoisotopic (exact) mass is 250 g/mol. The van der Waals surface area contributed by atoms with Gasteiger partial charge in [-0.05, 0) is 0 Å². The minimum atomic E-state index is 0.778. The predicted molar refractivity (Wildman–Crippen MR) is 67.6 cm³/mol. The summed E-state index contributed by atoms with van der Waals surface area (Å²) < 4.78 is 4.32. The number of nitrogens with one attached hydrogen (secondary N) is 1. The Balaban J connectivity index is 1.82. The zero-order chi connectivity index (χ0) is 11.8. The van der Waals surface area contributed by atoms with Gasteiger partial charge in [0, 0.05) is 38.6 Å². The van der Waals surface area contributed by atoms with Crippen LogP contribution in [0, 0.1) is 0 Å². The second-order valence-corrected chi connectivity index (χ2v) is 5.00. The Hall–Kier alpha value is -1.63. The number of H-pyrrole nitrogens is 1. The molecule has 0 atom stereocenters. The van der Waals surface area contributed by atoms with E-state index in [0.29, 0.717) is 0 Å². The van der Waals surface area contributed by atoms with Gasteiger partial charge in [-0.3, -0.25) is 0 Å². The van der Waals surface area contributed by atoms with Crippen molar-refractivity contribution in [3.8, 4) is 0 Å². The van der Waals surface area contributed by atoms with Crippen molar-refractivity contribution in [1.82, 2.24) is 19.3 Å². The highest BCUT2D eigenvalue weighted by molar-refractivity contribution is 7.09. The Bertz CT molecular complexity index is 516. The number of nitrogens with zero attached hydrogens (tertiary/aromatic N) is 5. The Morgan fingerprint density at radius 1 is 1.47 bits per heavy atom. The molecule has 0 spiro atoms. The van der Waals surface area contributed by atoms with E-state index in [2.05, 4.69) is 24.2 Å². The Morgan fingerprint density at radius 3 is 3.12 bits per heavy atom. The molecule has 0 unspecified atom stereocenters. The maximum atomic E-state index is 4.52. The van der Waals surface area contributed by atoms with Crippen molar-refractivity contribution in [2.75, 3.05) is 30.4 Å². The van der Waals surface area contributed by atoms with Crippen molar-refractivity contribution in [2.24, 2.45) is 0 Å². The van der Waals surface area contributed by atoms with Crippen molar-refractivity contribution < 1.29 is 0 Å². The summed E-state index contributed by atoms with van der Waals surface area (Å²) in [5.74, 6) is 0.778. The van der Waals surface area contributed by atoms with Crippen molar-refractivity contribution >= 4 is 22.6 Å². The fourth-order valence-electron chi connectivity index (χ4n) is 1.89. The number of aromatic nitrogens is 4. The lowest BCUT2D eigenvalue weighted by molar-refractivity contribution is 0.708. The molecule has 0 radical (unpaired) electrons. The zero-order valence-corrected chi connectivity index (χ0v) is 10.7. The molecule has 0 saturated carbocycles. The average molecular weight is 250 g/mol. The molecule has 1 aliphatic rings. The number of rotatable bonds is 2. The first-order valence-electron chi connectivity index (χ1n) is 5.51. The molecule has 3 rings (SSSR count). The first-order chi connectivity index (χ1) is 8.24. The van der Waals surface area contributed by atoms with Gasteiger partial charge in [-0.15, -0.1) is 0 Å². The highest BCUT2D eigenvalue weighted by atomic mass is 32.1. The quantitative estimate of drug-likeness (QED) is 0.857. The SMILES string of the molecule is CN(C)c1nsc(N2CCc3nc[nH]c3C2)n1. The largest absolute Gasteiger partial charge is 0.347 e. The Kier molecular flexibility index (Phi) is 2.47. The summed E-state index contributed by atoms with van der Waals surface area (Å²) in [7, 11) is 3.91. The van der Waals surface area contributed by atoms with Crippen LogP contribution in [0.2, 0.25) is 0 Å². The lowest BCUT2D eigenvalue weighted by Crippen LogP contribution is -2.30. The third-order valence-electron chi connectivity index (χ3n) is 2.85. The van der Waals surface area contributed by atoms with E-state index in [9.17, 15) is 0 Å². The van der Waals surface area contributed by atoms with E-state index >= 15 is 0 Å². The highest BCUT2D eigenvalue weighted by Crippen LogP contribution is 2.25. The van der Waals surface area contributed by atoms with Gasteiger partial charge in [0.25, 0.3) is 0 Å². The minimum Gasteiger partial charge on any atom is -0.347 e. The lowest BCUT2D eigenvalue weighted by atomic mass is 10.1. The first kappa shape index (κ1) is 10.5. The molecule has 0 saturated heterocycles. The second kappa shape index (κ2) is 3.99. The van der Waals surface area contributed by atoms with E-state index in [1.807, 2.05) is 19.0 Å². The summed E-state index contributed by atoms with van der Waals surface area (Å²) in [4.78, 5) is 16.2. The third kappa shape index (κ3) is 1.86. The number of aromatic amines is 1. The van der Waals surface area contributed by atoms with Crippen molar-refractivity contribution in [3.63, 3.8) is 0 Å². The van der Waals surface area contributed by atoms with Crippen LogP contribution >= 0.6 is 11.5 Å². The van der Waals surface area contributed by atoms with Gasteiger partial charge in [-0.25, -0.2) is 4.98 Å². The van der Waals surface area contributed by atoms with Crippen LogP contribution in [0.3, 0.4) is 0 Å². The molecule has 0 aliphatic carbocycles. The number of anilines is 2. The summed E-state index contributed by atoms with van der Waals surface area (Å²) in [5.41, 5.74) is 2.37. The number of hydrogen-bond donors (Lipinski definition) is 1. The maximum Gasteiger partial charge on any atom is 0.238 e. The van der Waals surface area contributed by atoms with Crippen molar-refractivity contribution in [3.05, 3.63) is 17.7 Å². The van der Waals surface area contributed by atoms with Crippen LogP contribution in [0.15, 0.2) is 6.33 Å². The lowest BCUT2D eigenvalue weighted by Gasteiger charge is -2.25. The van der Waals surface area contributed by atoms with Gasteiger partial charge in [0.2, 0.25) is 11.1 Å². The number of hydrogen-bond acceptors (Lipinski definition) is 6. The van der Waals surface area contributed by atoms with E-state index in [-0.39, 0.29) is 0 Å². The first-order valence-corrected chi connectivity index (χ1v) is 6.28. The summed E-state index contributed by atoms with van der Waals surface area (Å²) in [6.45, 7) is 1.80. The van der Waals surface area contributed by atoms with Crippen LogP contribution in [0.25, 0.3) is 0 Å². The van der Waals surface area contributed by atoms with Gasteiger partial charge in [0.15, 0.2) is 0 Å². The van der Waals surface area contributed by atoms with Crippen molar-refractivity contribution in [1.29, 1.82) is 0 Å². The van der Waals surface area contributed by atoms with Crippen LogP contribution in [0.4, 0.5) is 11.1 Å². The molecule has 0 aromatic carbocycles.